The molecule has 0 spiro atoms. The molecule has 0 unspecified atom stereocenters. The lowest BCUT2D eigenvalue weighted by molar-refractivity contribution is -0.134. The average Bonchev–Trinajstić information content (AvgIpc) is 2.10. The number of nitrogens with one attached hydrogen (secondary N) is 1. The largest absolute Gasteiger partial charge is 0.466 e. The van der Waals surface area contributed by atoms with Crippen LogP contribution < -0.4 is 5.32 Å². The highest BCUT2D eigenvalue weighted by molar-refractivity contribution is 5.81. The van der Waals surface area contributed by atoms with Gasteiger partial charge in [0.15, 0.2) is 0 Å². The monoisotopic (exact) mass is 167 g/mol. The highest BCUT2D eigenvalue weighted by Gasteiger charge is 1.87. The molecule has 1 N–H and O–H groups in total. The molecule has 0 heterocycles. The van der Waals surface area contributed by atoms with Crippen molar-refractivity contribution in [2.75, 3.05) is 13.7 Å². The van der Waals surface area contributed by atoms with Crippen LogP contribution in [0.1, 0.15) is 13.3 Å². The smallest absolute Gasteiger partial charge is 0.331 e. The minimum Gasteiger partial charge on any atom is -0.466 e. The zero-order valence-corrected chi connectivity index (χ0v) is 7.39. The van der Waals surface area contributed by atoms with Gasteiger partial charge in [0.1, 0.15) is 0 Å². The maximum atomic E-state index is 10.5. The van der Waals surface area contributed by atoms with Gasteiger partial charge in [-0.25, -0.2) is 4.79 Å². The molecular weight excluding hydrogens is 154 g/mol. The lowest BCUT2D eigenvalue weighted by Crippen LogP contribution is -2.07. The molecule has 12 heavy (non-hydrogen) atoms. The Morgan fingerprint density at radius 1 is 1.67 bits per heavy atom. The molecule has 0 aliphatic rings. The Morgan fingerprint density at radius 3 is 3.00 bits per heavy atom. The van der Waals surface area contributed by atoms with E-state index < -0.39 is 0 Å². The summed E-state index contributed by atoms with van der Waals surface area (Å²) in [5.41, 5.74) is 0. The van der Waals surface area contributed by atoms with Crippen molar-refractivity contribution in [3.8, 4) is 11.8 Å². The second-order valence-electron chi connectivity index (χ2n) is 1.99. The minimum absolute atomic E-state index is 0.357. The molecule has 3 nitrogen and oxygen atoms in total. The third-order valence-corrected chi connectivity index (χ3v) is 1.11. The van der Waals surface area contributed by atoms with E-state index in [0.717, 1.165) is 13.0 Å². The average molecular weight is 167 g/mol. The van der Waals surface area contributed by atoms with Crippen molar-refractivity contribution in [1.82, 2.24) is 5.32 Å². The van der Waals surface area contributed by atoms with Gasteiger partial charge in [0.05, 0.1) is 7.11 Å². The van der Waals surface area contributed by atoms with Crippen LogP contribution in [0, 0.1) is 11.8 Å². The molecule has 3 heteroatoms. The lowest BCUT2D eigenvalue weighted by atomic mass is 10.4. The fourth-order valence-corrected chi connectivity index (χ4v) is 0.538. The van der Waals surface area contributed by atoms with Crippen LogP contribution in [0.3, 0.4) is 0 Å². The number of hydrogen-bond acceptors (Lipinski definition) is 3. The van der Waals surface area contributed by atoms with Gasteiger partial charge < -0.3 is 10.1 Å². The number of hydrogen-bond donors (Lipinski definition) is 1. The molecule has 0 radical (unpaired) electrons. The zero-order valence-electron chi connectivity index (χ0n) is 7.39. The van der Waals surface area contributed by atoms with Gasteiger partial charge in [-0.15, -0.1) is 11.8 Å². The van der Waals surface area contributed by atoms with E-state index in [1.54, 1.807) is 13.1 Å². The first-order chi connectivity index (χ1) is 5.81. The van der Waals surface area contributed by atoms with E-state index in [0.29, 0.717) is 0 Å². The van der Waals surface area contributed by atoms with Crippen LogP contribution in [0.15, 0.2) is 12.3 Å². The molecule has 0 aromatic rings. The van der Waals surface area contributed by atoms with Crippen molar-refractivity contribution in [1.29, 1.82) is 0 Å². The third kappa shape index (κ3) is 6.69. The predicted molar refractivity (Wildman–Crippen MR) is 47.2 cm³/mol. The predicted octanol–water partition coefficient (Wildman–Crippen LogP) is 0.676. The van der Waals surface area contributed by atoms with Gasteiger partial charge in [-0.2, -0.15) is 0 Å². The first-order valence-corrected chi connectivity index (χ1v) is 3.68. The molecular formula is C9H13NO2. The first-order valence-electron chi connectivity index (χ1n) is 3.68. The Labute approximate surface area is 72.8 Å². The van der Waals surface area contributed by atoms with Crippen molar-refractivity contribution in [2.45, 2.75) is 13.3 Å². The molecule has 0 aliphatic heterocycles. The zero-order chi connectivity index (χ0) is 9.23. The molecule has 66 valence electrons. The van der Waals surface area contributed by atoms with Crippen molar-refractivity contribution < 1.29 is 9.53 Å². The highest BCUT2D eigenvalue weighted by Crippen LogP contribution is 1.76. The molecule has 0 bridgehead atoms. The molecule has 0 saturated heterocycles. The quantitative estimate of drug-likeness (QED) is 0.289. The summed E-state index contributed by atoms with van der Waals surface area (Å²) in [5, 5.41) is 2.90. The summed E-state index contributed by atoms with van der Waals surface area (Å²) in [6, 6.07) is 0. The van der Waals surface area contributed by atoms with Crippen LogP contribution in [0.5, 0.6) is 0 Å². The van der Waals surface area contributed by atoms with Crippen LogP contribution in [0.2, 0.25) is 0 Å². The Morgan fingerprint density at radius 2 is 2.42 bits per heavy atom. The van der Waals surface area contributed by atoms with Crippen LogP contribution in [0.4, 0.5) is 0 Å². The summed E-state index contributed by atoms with van der Waals surface area (Å²) in [4.78, 5) is 10.5. The summed E-state index contributed by atoms with van der Waals surface area (Å²) in [7, 11) is 1.34. The van der Waals surface area contributed by atoms with E-state index in [1.165, 1.54) is 13.2 Å². The second-order valence-corrected chi connectivity index (χ2v) is 1.99. The van der Waals surface area contributed by atoms with Crippen molar-refractivity contribution in [2.24, 2.45) is 0 Å². The molecule has 0 aromatic heterocycles. The molecule has 0 atom stereocenters. The lowest BCUT2D eigenvalue weighted by Gasteiger charge is -1.93. The van der Waals surface area contributed by atoms with Gasteiger partial charge in [-0.1, -0.05) is 0 Å². The Kier molecular flexibility index (Phi) is 6.76. The summed E-state index contributed by atoms with van der Waals surface area (Å²) in [6.45, 7) is 2.54. The number of rotatable bonds is 4. The van der Waals surface area contributed by atoms with E-state index in [2.05, 4.69) is 21.9 Å². The van der Waals surface area contributed by atoms with E-state index in [4.69, 9.17) is 0 Å². The maximum Gasteiger partial charge on any atom is 0.331 e. The van der Waals surface area contributed by atoms with Crippen LogP contribution >= 0.6 is 0 Å². The van der Waals surface area contributed by atoms with Gasteiger partial charge in [0.2, 0.25) is 0 Å². The number of methoxy groups -OCH3 is 1. The first kappa shape index (κ1) is 10.6. The topological polar surface area (TPSA) is 38.3 Å². The van der Waals surface area contributed by atoms with Crippen LogP contribution in [-0.4, -0.2) is 19.6 Å². The standard InChI is InChI=1S/C9H13NO2/c1-3-4-5-7-10-8-6-9(11)12-2/h6,8,10H,5,7H2,1-2H3/b8-6+. The highest BCUT2D eigenvalue weighted by atomic mass is 16.5. The van der Waals surface area contributed by atoms with Crippen LogP contribution in [-0.2, 0) is 9.53 Å². The minimum atomic E-state index is -0.357. The van der Waals surface area contributed by atoms with E-state index in [1.807, 2.05) is 0 Å². The molecule has 0 aromatic carbocycles. The van der Waals surface area contributed by atoms with E-state index >= 15 is 0 Å². The number of ether oxygens (including phenoxy) is 1. The third-order valence-electron chi connectivity index (χ3n) is 1.11. The van der Waals surface area contributed by atoms with Crippen molar-refractivity contribution in [3.05, 3.63) is 12.3 Å². The Hall–Kier alpha value is -1.43. The normalized spacial score (nSPS) is 8.83. The summed E-state index contributed by atoms with van der Waals surface area (Å²) < 4.78 is 4.38. The van der Waals surface area contributed by atoms with Crippen molar-refractivity contribution in [3.63, 3.8) is 0 Å². The molecule has 0 saturated carbocycles. The van der Waals surface area contributed by atoms with Crippen molar-refractivity contribution >= 4 is 5.97 Å². The SMILES string of the molecule is CC#CCCN/C=C/C(=O)OC. The number of carbonyl (C=O) groups is 1. The number of esters is 1. The Balaban J connectivity index is 3.34. The summed E-state index contributed by atoms with van der Waals surface area (Å²) in [6.07, 6.45) is 3.67. The molecule has 0 fully saturated rings. The molecule has 0 rings (SSSR count). The van der Waals surface area contributed by atoms with Crippen LogP contribution in [0.25, 0.3) is 0 Å². The van der Waals surface area contributed by atoms with Gasteiger partial charge in [-0.05, 0) is 6.92 Å². The molecule has 0 amide bonds. The van der Waals surface area contributed by atoms with Gasteiger partial charge in [-0.3, -0.25) is 0 Å². The van der Waals surface area contributed by atoms with Gasteiger partial charge in [0, 0.05) is 25.2 Å². The number of carbonyl (C=O) groups excluding carboxylic acids is 1. The maximum absolute atomic E-state index is 10.5. The summed E-state index contributed by atoms with van der Waals surface area (Å²) in [5.74, 6) is 5.30. The van der Waals surface area contributed by atoms with Gasteiger partial charge in [0.25, 0.3) is 0 Å². The second kappa shape index (κ2) is 7.67. The van der Waals surface area contributed by atoms with Gasteiger partial charge >= 0.3 is 5.97 Å². The fraction of sp³-hybridized carbons (Fsp3) is 0.444. The Bertz CT molecular complexity index is 210. The molecule has 0 aliphatic carbocycles. The fourth-order valence-electron chi connectivity index (χ4n) is 0.538. The van der Waals surface area contributed by atoms with E-state index in [-0.39, 0.29) is 5.97 Å². The van der Waals surface area contributed by atoms with E-state index in [9.17, 15) is 4.79 Å². The summed E-state index contributed by atoms with van der Waals surface area (Å²) >= 11 is 0.